The molecule has 5 aromatic carbocycles. The molecule has 7 rings (SSSR count). The van der Waals surface area contributed by atoms with E-state index >= 15 is 0 Å². The van der Waals surface area contributed by atoms with E-state index in [0.29, 0.717) is 0 Å². The molecule has 0 saturated heterocycles. The highest BCUT2D eigenvalue weighted by molar-refractivity contribution is 6.24. The third kappa shape index (κ3) is 2.76. The second kappa shape index (κ2) is 7.50. The van der Waals surface area contributed by atoms with Crippen LogP contribution in [0.3, 0.4) is 0 Å². The highest BCUT2D eigenvalue weighted by Crippen LogP contribution is 2.45. The van der Waals surface area contributed by atoms with Gasteiger partial charge < -0.3 is 0 Å². The number of pyridine rings is 2. The Hall–Kier alpha value is -4.56. The first-order valence-corrected chi connectivity index (χ1v) is 11.5. The second-order valence-corrected chi connectivity index (χ2v) is 8.62. The third-order valence-electron chi connectivity index (χ3n) is 6.79. The van der Waals surface area contributed by atoms with Crippen molar-refractivity contribution in [3.05, 3.63) is 122 Å². The van der Waals surface area contributed by atoms with Gasteiger partial charge in [-0.2, -0.15) is 0 Å². The van der Waals surface area contributed by atoms with Crippen molar-refractivity contribution >= 4 is 43.2 Å². The van der Waals surface area contributed by atoms with E-state index in [1.165, 1.54) is 43.6 Å². The zero-order valence-corrected chi connectivity index (χ0v) is 18.4. The molecule has 0 aliphatic rings. The summed E-state index contributed by atoms with van der Waals surface area (Å²) in [5.74, 6) is 0. The van der Waals surface area contributed by atoms with Crippen LogP contribution in [0, 0.1) is 0 Å². The Labute approximate surface area is 197 Å². The van der Waals surface area contributed by atoms with Gasteiger partial charge in [0.15, 0.2) is 0 Å². The zero-order chi connectivity index (χ0) is 22.5. The predicted octanol–water partition coefficient (Wildman–Crippen LogP) is 8.42. The number of rotatable bonds is 2. The van der Waals surface area contributed by atoms with Crippen LogP contribution in [0.1, 0.15) is 0 Å². The number of fused-ring (bicyclic) bond motifs is 4. The quantitative estimate of drug-likeness (QED) is 0.256. The van der Waals surface area contributed by atoms with Crippen LogP contribution in [0.25, 0.3) is 65.5 Å². The second-order valence-electron chi connectivity index (χ2n) is 8.62. The number of nitrogens with zero attached hydrogens (tertiary/aromatic N) is 2. The molecular weight excluding hydrogens is 412 g/mol. The van der Waals surface area contributed by atoms with E-state index < -0.39 is 0 Å². The van der Waals surface area contributed by atoms with Crippen molar-refractivity contribution in [3.63, 3.8) is 0 Å². The molecule has 2 heterocycles. The fourth-order valence-corrected chi connectivity index (χ4v) is 5.34. The van der Waals surface area contributed by atoms with Gasteiger partial charge in [0.05, 0.1) is 5.52 Å². The fraction of sp³-hybridized carbons (Fsp3) is 0. The van der Waals surface area contributed by atoms with E-state index in [1.807, 2.05) is 24.7 Å². The standard InChI is InChI=1S/C32H20N2/c1-3-12-23-21(8-1)10-5-14-25(23)30-28-16-7-18-34-32(28)31(27-17-19-33-20-29(27)30)26-15-6-11-22-9-2-4-13-24(22)26/h1-20H. The summed E-state index contributed by atoms with van der Waals surface area (Å²) in [4.78, 5) is 9.52. The summed E-state index contributed by atoms with van der Waals surface area (Å²) < 4.78 is 0. The van der Waals surface area contributed by atoms with Crippen LogP contribution in [0.4, 0.5) is 0 Å². The van der Waals surface area contributed by atoms with Crippen LogP contribution in [0.15, 0.2) is 122 Å². The lowest BCUT2D eigenvalue weighted by atomic mass is 9.86. The Bertz CT molecular complexity index is 1660. The number of aromatic nitrogens is 2. The molecule has 0 atom stereocenters. The Balaban J connectivity index is 1.70. The normalized spacial score (nSPS) is 11.5. The molecule has 2 aromatic heterocycles. The van der Waals surface area contributed by atoms with Crippen molar-refractivity contribution in [2.24, 2.45) is 0 Å². The molecular formula is C32H20N2. The van der Waals surface area contributed by atoms with Gasteiger partial charge in [-0.05, 0) is 50.2 Å². The van der Waals surface area contributed by atoms with E-state index in [1.54, 1.807) is 0 Å². The lowest BCUT2D eigenvalue weighted by molar-refractivity contribution is 1.36. The molecule has 0 amide bonds. The summed E-state index contributed by atoms with van der Waals surface area (Å²) in [6.07, 6.45) is 5.79. The highest BCUT2D eigenvalue weighted by atomic mass is 14.7. The van der Waals surface area contributed by atoms with Gasteiger partial charge in [-0.1, -0.05) is 91.0 Å². The van der Waals surface area contributed by atoms with Gasteiger partial charge in [-0.25, -0.2) is 0 Å². The van der Waals surface area contributed by atoms with Crippen molar-refractivity contribution in [3.8, 4) is 22.3 Å². The molecule has 2 nitrogen and oxygen atoms in total. The Morgan fingerprint density at radius 3 is 1.76 bits per heavy atom. The average molecular weight is 433 g/mol. The largest absolute Gasteiger partial charge is 0.264 e. The van der Waals surface area contributed by atoms with Gasteiger partial charge in [0.1, 0.15) is 0 Å². The van der Waals surface area contributed by atoms with Crippen LogP contribution < -0.4 is 0 Å². The minimum Gasteiger partial charge on any atom is -0.264 e. The molecule has 0 aliphatic heterocycles. The molecule has 0 bridgehead atoms. The molecule has 0 spiro atoms. The van der Waals surface area contributed by atoms with E-state index in [0.717, 1.165) is 21.9 Å². The minimum atomic E-state index is 1.01. The first-order chi connectivity index (χ1) is 16.9. The SMILES string of the molecule is c1ccc2c(-c3c4cnccc4c(-c4cccc5ccccc45)c4ncccc34)cccc2c1. The summed E-state index contributed by atoms with van der Waals surface area (Å²) in [5, 5.41) is 8.37. The lowest BCUT2D eigenvalue weighted by Crippen LogP contribution is -1.94. The van der Waals surface area contributed by atoms with Gasteiger partial charge in [0.25, 0.3) is 0 Å². The van der Waals surface area contributed by atoms with E-state index in [4.69, 9.17) is 4.98 Å². The zero-order valence-electron chi connectivity index (χ0n) is 18.4. The van der Waals surface area contributed by atoms with Crippen LogP contribution in [0.2, 0.25) is 0 Å². The maximum absolute atomic E-state index is 4.96. The molecule has 0 N–H and O–H groups in total. The van der Waals surface area contributed by atoms with Crippen LogP contribution in [-0.2, 0) is 0 Å². The number of benzene rings is 5. The third-order valence-corrected chi connectivity index (χ3v) is 6.79. The number of hydrogen-bond donors (Lipinski definition) is 0. The molecule has 0 unspecified atom stereocenters. The Kier molecular flexibility index (Phi) is 4.18. The predicted molar refractivity (Wildman–Crippen MR) is 143 cm³/mol. The monoisotopic (exact) mass is 432 g/mol. The van der Waals surface area contributed by atoms with Gasteiger partial charge >= 0.3 is 0 Å². The Morgan fingerprint density at radius 2 is 1.03 bits per heavy atom. The van der Waals surface area contributed by atoms with Crippen molar-refractivity contribution < 1.29 is 0 Å². The summed E-state index contributed by atoms with van der Waals surface area (Å²) in [6, 6.07) is 36.5. The summed E-state index contributed by atoms with van der Waals surface area (Å²) in [6.45, 7) is 0. The smallest absolute Gasteiger partial charge is 0.0793 e. The molecule has 158 valence electrons. The van der Waals surface area contributed by atoms with E-state index in [-0.39, 0.29) is 0 Å². The van der Waals surface area contributed by atoms with Gasteiger partial charge in [0.2, 0.25) is 0 Å². The average Bonchev–Trinajstić information content (AvgIpc) is 2.91. The molecule has 0 saturated carbocycles. The number of hydrogen-bond acceptors (Lipinski definition) is 2. The fourth-order valence-electron chi connectivity index (χ4n) is 5.34. The van der Waals surface area contributed by atoms with Crippen LogP contribution in [-0.4, -0.2) is 9.97 Å². The van der Waals surface area contributed by atoms with Gasteiger partial charge in [0, 0.05) is 40.5 Å². The minimum absolute atomic E-state index is 1.01. The highest BCUT2D eigenvalue weighted by Gasteiger charge is 2.19. The molecule has 0 aliphatic carbocycles. The lowest BCUT2D eigenvalue weighted by Gasteiger charge is -2.18. The molecule has 7 aromatic rings. The van der Waals surface area contributed by atoms with Crippen LogP contribution in [0.5, 0.6) is 0 Å². The molecule has 0 fully saturated rings. The Morgan fingerprint density at radius 1 is 0.412 bits per heavy atom. The first-order valence-electron chi connectivity index (χ1n) is 11.5. The summed E-state index contributed by atoms with van der Waals surface area (Å²) >= 11 is 0. The molecule has 34 heavy (non-hydrogen) atoms. The van der Waals surface area contributed by atoms with Gasteiger partial charge in [-0.15, -0.1) is 0 Å². The van der Waals surface area contributed by atoms with Gasteiger partial charge in [-0.3, -0.25) is 9.97 Å². The summed E-state index contributed by atoms with van der Waals surface area (Å²) in [7, 11) is 0. The topological polar surface area (TPSA) is 25.8 Å². The van der Waals surface area contributed by atoms with Crippen molar-refractivity contribution in [1.29, 1.82) is 0 Å². The van der Waals surface area contributed by atoms with Crippen LogP contribution >= 0.6 is 0 Å². The summed E-state index contributed by atoms with van der Waals surface area (Å²) in [5.41, 5.74) is 5.77. The van der Waals surface area contributed by atoms with Crippen molar-refractivity contribution in [2.45, 2.75) is 0 Å². The first kappa shape index (κ1) is 19.0. The van der Waals surface area contributed by atoms with E-state index in [9.17, 15) is 0 Å². The maximum Gasteiger partial charge on any atom is 0.0793 e. The maximum atomic E-state index is 4.96. The van der Waals surface area contributed by atoms with E-state index in [2.05, 4.69) is 102 Å². The molecule has 2 heteroatoms. The van der Waals surface area contributed by atoms with Crippen molar-refractivity contribution in [1.82, 2.24) is 9.97 Å². The molecule has 0 radical (unpaired) electrons. The van der Waals surface area contributed by atoms with Crippen molar-refractivity contribution in [2.75, 3.05) is 0 Å².